The van der Waals surface area contributed by atoms with E-state index in [0.717, 1.165) is 12.1 Å². The minimum Gasteiger partial charge on any atom is -0.369 e. The molecule has 2 aromatic carbocycles. The molecule has 0 bridgehead atoms. The highest BCUT2D eigenvalue weighted by molar-refractivity contribution is 5.67. The Bertz CT molecular complexity index is 921. The van der Waals surface area contributed by atoms with Crippen LogP contribution in [-0.2, 0) is 11.0 Å². The van der Waals surface area contributed by atoms with Crippen molar-refractivity contribution in [3.8, 4) is 17.2 Å². The largest absolute Gasteiger partial charge is 0.430 e. The first-order valence-electron chi connectivity index (χ1n) is 8.04. The normalized spacial score (nSPS) is 16.5. The smallest absolute Gasteiger partial charge is 0.369 e. The van der Waals surface area contributed by atoms with Gasteiger partial charge in [-0.2, -0.15) is 31.6 Å². The molecule has 3 rings (SSSR count). The van der Waals surface area contributed by atoms with E-state index in [1.54, 1.807) is 0 Å². The van der Waals surface area contributed by atoms with Crippen LogP contribution in [0.3, 0.4) is 0 Å². The fourth-order valence-corrected chi connectivity index (χ4v) is 3.07. The van der Waals surface area contributed by atoms with Crippen molar-refractivity contribution in [3.63, 3.8) is 0 Å². The lowest BCUT2D eigenvalue weighted by Gasteiger charge is -2.32. The molecule has 0 unspecified atom stereocenters. The summed E-state index contributed by atoms with van der Waals surface area (Å²) in [5.41, 5.74) is -7.33. The highest BCUT2D eigenvalue weighted by atomic mass is 19.4. The van der Waals surface area contributed by atoms with Crippen molar-refractivity contribution in [2.75, 3.05) is 0 Å². The molecule has 2 nitrogen and oxygen atoms in total. The molecule has 0 radical (unpaired) electrons. The van der Waals surface area contributed by atoms with Crippen molar-refractivity contribution >= 4 is 0 Å². The number of alkyl halides is 6. The minimum absolute atomic E-state index is 0.0172. The molecule has 0 aromatic heterocycles. The molecular formula is C19H12F7NO. The molecule has 0 atom stereocenters. The molecular weight excluding hydrogens is 391 g/mol. The Kier molecular flexibility index (Phi) is 4.46. The Morgan fingerprint density at radius 3 is 1.86 bits per heavy atom. The highest BCUT2D eigenvalue weighted by Crippen LogP contribution is 2.51. The number of nitriles is 1. The maximum absolute atomic E-state index is 14.8. The fraction of sp³-hybridized carbons (Fsp3) is 0.316. The lowest BCUT2D eigenvalue weighted by molar-refractivity contribution is -0.376. The van der Waals surface area contributed by atoms with Crippen molar-refractivity contribution in [1.29, 1.82) is 5.26 Å². The molecule has 148 valence electrons. The summed E-state index contributed by atoms with van der Waals surface area (Å²) in [7, 11) is 0. The maximum atomic E-state index is 14.8. The molecule has 0 amide bonds. The zero-order valence-corrected chi connectivity index (χ0v) is 14.0. The van der Waals surface area contributed by atoms with Crippen molar-refractivity contribution in [1.82, 2.24) is 0 Å². The Morgan fingerprint density at radius 1 is 0.893 bits per heavy atom. The zero-order chi connectivity index (χ0) is 21.0. The van der Waals surface area contributed by atoms with Gasteiger partial charge in [-0.25, -0.2) is 4.39 Å². The average molecular weight is 403 g/mol. The van der Waals surface area contributed by atoms with E-state index in [1.165, 1.54) is 18.2 Å². The monoisotopic (exact) mass is 403 g/mol. The molecule has 0 saturated heterocycles. The van der Waals surface area contributed by atoms with Gasteiger partial charge in [0.25, 0.3) is 5.60 Å². The Labute approximate surface area is 154 Å². The van der Waals surface area contributed by atoms with Gasteiger partial charge in [-0.15, -0.1) is 0 Å². The van der Waals surface area contributed by atoms with Crippen LogP contribution in [0.25, 0.3) is 11.1 Å². The van der Waals surface area contributed by atoms with Gasteiger partial charge < -0.3 is 5.11 Å². The summed E-state index contributed by atoms with van der Waals surface area (Å²) in [6.07, 6.45) is -11.1. The summed E-state index contributed by atoms with van der Waals surface area (Å²) in [6, 6.07) is 8.87. The molecule has 0 aliphatic heterocycles. The van der Waals surface area contributed by atoms with Crippen molar-refractivity contribution in [2.45, 2.75) is 36.2 Å². The second-order valence-electron chi connectivity index (χ2n) is 6.64. The number of rotatable bonds is 3. The molecule has 0 spiro atoms. The van der Waals surface area contributed by atoms with E-state index >= 15 is 0 Å². The van der Waals surface area contributed by atoms with Crippen LogP contribution in [0, 0.1) is 17.1 Å². The van der Waals surface area contributed by atoms with Gasteiger partial charge in [0.15, 0.2) is 0 Å². The van der Waals surface area contributed by atoms with Gasteiger partial charge >= 0.3 is 12.4 Å². The Morgan fingerprint density at radius 2 is 1.43 bits per heavy atom. The summed E-state index contributed by atoms with van der Waals surface area (Å²) in [5.74, 6) is -0.754. The second kappa shape index (κ2) is 6.21. The highest BCUT2D eigenvalue weighted by Gasteiger charge is 2.71. The molecule has 1 fully saturated rings. The van der Waals surface area contributed by atoms with Gasteiger partial charge in [0.2, 0.25) is 0 Å². The first-order chi connectivity index (χ1) is 12.9. The average Bonchev–Trinajstić information content (AvgIpc) is 3.40. The second-order valence-corrected chi connectivity index (χ2v) is 6.64. The third-order valence-corrected chi connectivity index (χ3v) is 4.91. The van der Waals surface area contributed by atoms with Crippen LogP contribution in [0.2, 0.25) is 0 Å². The summed E-state index contributed by atoms with van der Waals surface area (Å²) in [4.78, 5) is 0. The van der Waals surface area contributed by atoms with Crippen molar-refractivity contribution in [2.24, 2.45) is 0 Å². The van der Waals surface area contributed by atoms with Gasteiger partial charge in [0, 0.05) is 16.7 Å². The van der Waals surface area contributed by atoms with Crippen LogP contribution in [-0.4, -0.2) is 17.5 Å². The van der Waals surface area contributed by atoms with Gasteiger partial charge in [-0.3, -0.25) is 0 Å². The lowest BCUT2D eigenvalue weighted by atomic mass is 9.89. The quantitative estimate of drug-likeness (QED) is 0.702. The van der Waals surface area contributed by atoms with E-state index in [1.807, 2.05) is 6.07 Å². The predicted molar refractivity (Wildman–Crippen MR) is 84.4 cm³/mol. The molecule has 28 heavy (non-hydrogen) atoms. The minimum atomic E-state index is -6.00. The molecule has 1 saturated carbocycles. The summed E-state index contributed by atoms with van der Waals surface area (Å²) < 4.78 is 92.5. The third kappa shape index (κ3) is 2.92. The van der Waals surface area contributed by atoms with E-state index in [-0.39, 0.29) is 16.7 Å². The zero-order valence-electron chi connectivity index (χ0n) is 14.0. The number of hydrogen-bond acceptors (Lipinski definition) is 2. The van der Waals surface area contributed by atoms with E-state index in [2.05, 4.69) is 0 Å². The van der Waals surface area contributed by atoms with Gasteiger partial charge in [-0.05, 0) is 18.4 Å². The van der Waals surface area contributed by atoms with Gasteiger partial charge in [-0.1, -0.05) is 42.5 Å². The van der Waals surface area contributed by atoms with Crippen LogP contribution in [0.4, 0.5) is 30.7 Å². The molecule has 9 heteroatoms. The molecule has 0 heterocycles. The standard InChI is InChI=1S/C19H12F7NO/c20-15-13(2-1-3-14(15)16(10-27)8-9-16)11-4-6-12(7-5-11)17(28,18(21,22)23)19(24,25)26/h1-7,28H,8-9H2. The molecule has 1 N–H and O–H groups in total. The number of benzene rings is 2. The van der Waals surface area contributed by atoms with Gasteiger partial charge in [0.05, 0.1) is 11.5 Å². The summed E-state index contributed by atoms with van der Waals surface area (Å²) in [6.45, 7) is 0. The number of nitrogens with zero attached hydrogens (tertiary/aromatic N) is 1. The Balaban J connectivity index is 2.05. The van der Waals surface area contributed by atoms with E-state index in [4.69, 9.17) is 0 Å². The van der Waals surface area contributed by atoms with Crippen molar-refractivity contribution < 1.29 is 35.8 Å². The summed E-state index contributed by atoms with van der Waals surface area (Å²) >= 11 is 0. The number of halogens is 7. The van der Waals surface area contributed by atoms with Crippen LogP contribution in [0.1, 0.15) is 24.0 Å². The Hall–Kier alpha value is -2.60. The maximum Gasteiger partial charge on any atom is 0.430 e. The predicted octanol–water partition coefficient (Wildman–Crippen LogP) is 5.36. The molecule has 2 aromatic rings. The lowest BCUT2D eigenvalue weighted by Crippen LogP contribution is -2.53. The van der Waals surface area contributed by atoms with Gasteiger partial charge in [0.1, 0.15) is 5.82 Å². The van der Waals surface area contributed by atoms with E-state index < -0.39 is 34.7 Å². The topological polar surface area (TPSA) is 44.0 Å². The number of aliphatic hydroxyl groups is 1. The number of hydrogen-bond donors (Lipinski definition) is 1. The third-order valence-electron chi connectivity index (χ3n) is 4.91. The summed E-state index contributed by atoms with van der Waals surface area (Å²) in [5, 5.41) is 18.6. The van der Waals surface area contributed by atoms with Crippen LogP contribution >= 0.6 is 0 Å². The van der Waals surface area contributed by atoms with Crippen LogP contribution in [0.5, 0.6) is 0 Å². The van der Waals surface area contributed by atoms with Crippen molar-refractivity contribution in [3.05, 3.63) is 59.4 Å². The van der Waals surface area contributed by atoms with Crippen LogP contribution < -0.4 is 0 Å². The fourth-order valence-electron chi connectivity index (χ4n) is 3.07. The first kappa shape index (κ1) is 20.1. The SMILES string of the molecule is N#CC1(c2cccc(-c3ccc(C(O)(C(F)(F)F)C(F)(F)F)cc3)c2F)CC1. The molecule has 1 aliphatic rings. The van der Waals surface area contributed by atoms with E-state index in [9.17, 15) is 41.1 Å². The van der Waals surface area contributed by atoms with Crippen LogP contribution in [0.15, 0.2) is 42.5 Å². The molecule has 1 aliphatic carbocycles. The first-order valence-corrected chi connectivity index (χ1v) is 8.04. The van der Waals surface area contributed by atoms with E-state index in [0.29, 0.717) is 25.0 Å².